The molecule has 0 spiro atoms. The lowest BCUT2D eigenvalue weighted by atomic mass is 10.1. The second-order valence-corrected chi connectivity index (χ2v) is 7.05. The van der Waals surface area contributed by atoms with Crippen LogP contribution in [0.5, 0.6) is 0 Å². The van der Waals surface area contributed by atoms with Crippen molar-refractivity contribution < 1.29 is 4.39 Å². The third kappa shape index (κ3) is 6.83. The lowest BCUT2D eigenvalue weighted by Crippen LogP contribution is -2.36. The molecule has 3 rings (SSSR count). The molecule has 1 heterocycles. The molecule has 5 nitrogen and oxygen atoms in total. The first kappa shape index (κ1) is 23.9. The topological polar surface area (TPSA) is 54.2 Å². The average Bonchev–Trinajstić information content (AvgIpc) is 3.11. The van der Waals surface area contributed by atoms with Gasteiger partial charge < -0.3 is 15.2 Å². The molecule has 0 unspecified atom stereocenters. The van der Waals surface area contributed by atoms with Crippen molar-refractivity contribution in [3.63, 3.8) is 0 Å². The highest BCUT2D eigenvalue weighted by molar-refractivity contribution is 14.0. The van der Waals surface area contributed by atoms with Gasteiger partial charge in [0.2, 0.25) is 0 Å². The number of imidazole rings is 1. The number of halogens is 2. The zero-order valence-electron chi connectivity index (χ0n) is 17.7. The number of nitrogens with zero attached hydrogens (tertiary/aromatic N) is 3. The van der Waals surface area contributed by atoms with E-state index >= 15 is 0 Å². The molecule has 160 valence electrons. The van der Waals surface area contributed by atoms with Gasteiger partial charge in [-0.25, -0.2) is 14.4 Å². The van der Waals surface area contributed by atoms with E-state index in [-0.39, 0.29) is 29.8 Å². The molecule has 0 fully saturated rings. The van der Waals surface area contributed by atoms with Crippen LogP contribution in [0.4, 0.5) is 4.39 Å². The van der Waals surface area contributed by atoms with Crippen LogP contribution in [-0.2, 0) is 19.6 Å². The minimum Gasteiger partial charge on any atom is -0.357 e. The maximum absolute atomic E-state index is 13.7. The summed E-state index contributed by atoms with van der Waals surface area (Å²) in [6.45, 7) is 8.42. The summed E-state index contributed by atoms with van der Waals surface area (Å²) in [4.78, 5) is 8.95. The molecule has 0 amide bonds. The Morgan fingerprint density at radius 1 is 1.07 bits per heavy atom. The lowest BCUT2D eigenvalue weighted by Gasteiger charge is -2.12. The summed E-state index contributed by atoms with van der Waals surface area (Å²) in [6.07, 6.45) is 3.80. The number of aromatic nitrogens is 2. The van der Waals surface area contributed by atoms with Crippen molar-refractivity contribution in [1.29, 1.82) is 0 Å². The van der Waals surface area contributed by atoms with Crippen LogP contribution >= 0.6 is 24.0 Å². The number of hydrogen-bond donors (Lipinski definition) is 2. The summed E-state index contributed by atoms with van der Waals surface area (Å²) in [5.74, 6) is 1.53. The fourth-order valence-electron chi connectivity index (χ4n) is 3.04. The Bertz CT molecular complexity index is 983. The number of benzene rings is 2. The largest absolute Gasteiger partial charge is 0.357 e. The summed E-state index contributed by atoms with van der Waals surface area (Å²) in [5, 5.41) is 6.51. The first-order chi connectivity index (χ1) is 14.0. The molecule has 7 heteroatoms. The predicted octanol–water partition coefficient (Wildman–Crippen LogP) is 4.56. The molecular formula is C23H29FIN5. The standard InChI is InChI=1S/C23H28FN5.HI/c1-4-25-23(28-15-20-9-8-17(2)22(24)13-20)27-14-19-6-5-7-21(12-19)16-29-11-10-26-18(29)3;/h5-13H,4,14-16H2,1-3H3,(H2,25,27,28);1H. The molecule has 0 aliphatic carbocycles. The van der Waals surface area contributed by atoms with Crippen molar-refractivity contribution in [2.45, 2.75) is 40.4 Å². The van der Waals surface area contributed by atoms with E-state index in [0.717, 1.165) is 30.0 Å². The maximum Gasteiger partial charge on any atom is 0.191 e. The third-order valence-electron chi connectivity index (χ3n) is 4.73. The fourth-order valence-corrected chi connectivity index (χ4v) is 3.04. The Labute approximate surface area is 194 Å². The van der Waals surface area contributed by atoms with Gasteiger partial charge in [0.15, 0.2) is 5.96 Å². The first-order valence-electron chi connectivity index (χ1n) is 9.88. The van der Waals surface area contributed by atoms with Crippen molar-refractivity contribution in [2.75, 3.05) is 6.54 Å². The monoisotopic (exact) mass is 521 g/mol. The van der Waals surface area contributed by atoms with E-state index in [1.54, 1.807) is 19.1 Å². The van der Waals surface area contributed by atoms with Crippen LogP contribution in [0.3, 0.4) is 0 Å². The molecule has 2 N–H and O–H groups in total. The van der Waals surface area contributed by atoms with Crippen LogP contribution < -0.4 is 10.6 Å². The Balaban J connectivity index is 0.00000320. The van der Waals surface area contributed by atoms with E-state index in [1.807, 2.05) is 32.3 Å². The van der Waals surface area contributed by atoms with E-state index in [4.69, 9.17) is 0 Å². The molecule has 1 aromatic heterocycles. The maximum atomic E-state index is 13.7. The number of rotatable bonds is 7. The van der Waals surface area contributed by atoms with Crippen molar-refractivity contribution in [2.24, 2.45) is 4.99 Å². The minimum atomic E-state index is -0.184. The Morgan fingerprint density at radius 2 is 1.87 bits per heavy atom. The molecule has 0 saturated carbocycles. The Morgan fingerprint density at radius 3 is 2.57 bits per heavy atom. The summed E-state index contributed by atoms with van der Waals surface area (Å²) in [5.41, 5.74) is 3.89. The number of aliphatic imine (C=N–C) groups is 1. The molecular weight excluding hydrogens is 492 g/mol. The summed E-state index contributed by atoms with van der Waals surface area (Å²) in [7, 11) is 0. The molecule has 30 heavy (non-hydrogen) atoms. The van der Waals surface area contributed by atoms with Crippen LogP contribution in [0.25, 0.3) is 0 Å². The van der Waals surface area contributed by atoms with E-state index < -0.39 is 0 Å². The number of nitrogens with one attached hydrogen (secondary N) is 2. The highest BCUT2D eigenvalue weighted by Gasteiger charge is 2.03. The summed E-state index contributed by atoms with van der Waals surface area (Å²) < 4.78 is 15.9. The van der Waals surface area contributed by atoms with Crippen molar-refractivity contribution in [3.05, 3.63) is 88.8 Å². The quantitative estimate of drug-likeness (QED) is 0.272. The van der Waals surface area contributed by atoms with Gasteiger partial charge in [0.05, 0.1) is 6.54 Å². The Hall–Kier alpha value is -2.42. The molecule has 0 aliphatic heterocycles. The lowest BCUT2D eigenvalue weighted by molar-refractivity contribution is 0.615. The van der Waals surface area contributed by atoms with Gasteiger partial charge in [0.1, 0.15) is 11.6 Å². The van der Waals surface area contributed by atoms with Crippen LogP contribution in [0.2, 0.25) is 0 Å². The van der Waals surface area contributed by atoms with E-state index in [1.165, 1.54) is 5.56 Å². The summed E-state index contributed by atoms with van der Waals surface area (Å²) >= 11 is 0. The van der Waals surface area contributed by atoms with E-state index in [9.17, 15) is 4.39 Å². The number of guanidine groups is 1. The third-order valence-corrected chi connectivity index (χ3v) is 4.73. The number of hydrogen-bond acceptors (Lipinski definition) is 2. The van der Waals surface area contributed by atoms with Gasteiger partial charge in [-0.1, -0.05) is 36.4 Å². The van der Waals surface area contributed by atoms with Crippen LogP contribution in [0.1, 0.15) is 35.0 Å². The van der Waals surface area contributed by atoms with Gasteiger partial charge in [-0.2, -0.15) is 0 Å². The van der Waals surface area contributed by atoms with E-state index in [0.29, 0.717) is 24.6 Å². The molecule has 0 aliphatic rings. The van der Waals surface area contributed by atoms with E-state index in [2.05, 4.69) is 49.4 Å². The van der Waals surface area contributed by atoms with Gasteiger partial charge in [-0.3, -0.25) is 0 Å². The molecule has 0 bridgehead atoms. The smallest absolute Gasteiger partial charge is 0.191 e. The first-order valence-corrected chi connectivity index (χ1v) is 9.88. The predicted molar refractivity (Wildman–Crippen MR) is 131 cm³/mol. The minimum absolute atomic E-state index is 0. The van der Waals surface area contributed by atoms with Crippen LogP contribution in [-0.4, -0.2) is 22.1 Å². The van der Waals surface area contributed by atoms with Gasteiger partial charge >= 0.3 is 0 Å². The van der Waals surface area contributed by atoms with Crippen molar-refractivity contribution in [1.82, 2.24) is 20.2 Å². The zero-order chi connectivity index (χ0) is 20.6. The molecule has 0 saturated heterocycles. The fraction of sp³-hybridized carbons (Fsp3) is 0.304. The van der Waals surface area contributed by atoms with Crippen molar-refractivity contribution in [3.8, 4) is 0 Å². The average molecular weight is 521 g/mol. The van der Waals surface area contributed by atoms with Gasteiger partial charge in [-0.05, 0) is 49.1 Å². The van der Waals surface area contributed by atoms with Gasteiger partial charge in [0.25, 0.3) is 0 Å². The van der Waals surface area contributed by atoms with Gasteiger partial charge in [-0.15, -0.1) is 24.0 Å². The number of aryl methyl sites for hydroxylation is 2. The summed E-state index contributed by atoms with van der Waals surface area (Å²) in [6, 6.07) is 13.7. The highest BCUT2D eigenvalue weighted by Crippen LogP contribution is 2.11. The second-order valence-electron chi connectivity index (χ2n) is 7.05. The van der Waals surface area contributed by atoms with Crippen LogP contribution in [0, 0.1) is 19.7 Å². The zero-order valence-corrected chi connectivity index (χ0v) is 20.0. The highest BCUT2D eigenvalue weighted by atomic mass is 127. The molecule has 0 radical (unpaired) electrons. The molecule has 3 aromatic rings. The molecule has 2 aromatic carbocycles. The van der Waals surface area contributed by atoms with Gasteiger partial charge in [0, 0.05) is 32.0 Å². The Kier molecular flexibility index (Phi) is 9.29. The normalized spacial score (nSPS) is 11.1. The second kappa shape index (κ2) is 11.7. The SMILES string of the molecule is CCNC(=NCc1cccc(Cn2ccnc2C)c1)NCc1ccc(C)c(F)c1.I. The molecule has 0 atom stereocenters. The van der Waals surface area contributed by atoms with Crippen molar-refractivity contribution >= 4 is 29.9 Å². The van der Waals surface area contributed by atoms with Crippen LogP contribution in [0.15, 0.2) is 59.9 Å².